The van der Waals surface area contributed by atoms with Crippen LogP contribution in [0, 0.1) is 0 Å². The van der Waals surface area contributed by atoms with Gasteiger partial charge in [0.05, 0.1) is 0 Å². The second kappa shape index (κ2) is 55.7. The molecular weight excluding hydrogens is 817 g/mol. The van der Waals surface area contributed by atoms with Crippen LogP contribution in [-0.2, 0) is 28.6 Å². The largest absolute Gasteiger partial charge is 0.462 e. The van der Waals surface area contributed by atoms with Crippen LogP contribution in [0.5, 0.6) is 0 Å². The Morgan fingerprint density at radius 1 is 0.288 bits per heavy atom. The van der Waals surface area contributed by atoms with E-state index in [0.29, 0.717) is 19.3 Å². The quantitative estimate of drug-likeness (QED) is 0.0262. The Bertz CT molecular complexity index is 1020. The molecule has 0 heterocycles. The fraction of sp³-hybridized carbons (Fsp3) is 0.917. The average Bonchev–Trinajstić information content (AvgIpc) is 3.31. The van der Waals surface area contributed by atoms with E-state index in [4.69, 9.17) is 14.2 Å². The summed E-state index contributed by atoms with van der Waals surface area (Å²) in [6, 6.07) is 0. The number of hydrogen-bond donors (Lipinski definition) is 0. The van der Waals surface area contributed by atoms with Gasteiger partial charge in [-0.1, -0.05) is 283 Å². The molecule has 0 aromatic heterocycles. The number of hydrogen-bond acceptors (Lipinski definition) is 6. The zero-order chi connectivity index (χ0) is 47.9. The van der Waals surface area contributed by atoms with Gasteiger partial charge in [-0.05, 0) is 44.9 Å². The zero-order valence-electron chi connectivity index (χ0n) is 44.7. The number of rotatable bonds is 55. The van der Waals surface area contributed by atoms with Crippen LogP contribution in [0.1, 0.15) is 335 Å². The maximum Gasteiger partial charge on any atom is 0.306 e. The lowest BCUT2D eigenvalue weighted by Crippen LogP contribution is -2.30. The predicted molar refractivity (Wildman–Crippen MR) is 284 cm³/mol. The van der Waals surface area contributed by atoms with Crippen molar-refractivity contribution in [2.45, 2.75) is 341 Å². The molecule has 0 rings (SSSR count). The Labute approximate surface area is 411 Å². The van der Waals surface area contributed by atoms with E-state index in [-0.39, 0.29) is 31.1 Å². The number of esters is 3. The van der Waals surface area contributed by atoms with Crippen LogP contribution in [0.3, 0.4) is 0 Å². The number of ether oxygens (including phenoxy) is 3. The lowest BCUT2D eigenvalue weighted by molar-refractivity contribution is -0.167. The van der Waals surface area contributed by atoms with Crippen LogP contribution in [0.4, 0.5) is 0 Å². The SMILES string of the molecule is CCCCCCCC/C=C\CCCCCCCCCCCC(=O)OC[C@H](COC(=O)CCCCCCCCCCCCCCCCCCC)OC(=O)CCCCCCCCCCCCCC. The van der Waals surface area contributed by atoms with Crippen LogP contribution in [0.15, 0.2) is 12.2 Å². The summed E-state index contributed by atoms with van der Waals surface area (Å²) in [6.07, 6.45) is 63.5. The zero-order valence-corrected chi connectivity index (χ0v) is 44.7. The summed E-state index contributed by atoms with van der Waals surface area (Å²) in [7, 11) is 0. The Kier molecular flexibility index (Phi) is 54.2. The summed E-state index contributed by atoms with van der Waals surface area (Å²) < 4.78 is 16.9. The second-order valence-electron chi connectivity index (χ2n) is 20.3. The lowest BCUT2D eigenvalue weighted by Gasteiger charge is -2.18. The summed E-state index contributed by atoms with van der Waals surface area (Å²) >= 11 is 0. The van der Waals surface area contributed by atoms with E-state index < -0.39 is 6.10 Å². The predicted octanol–water partition coefficient (Wildman–Crippen LogP) is 19.7. The molecule has 0 saturated carbocycles. The molecule has 1 atom stereocenters. The maximum absolute atomic E-state index is 12.8. The van der Waals surface area contributed by atoms with Gasteiger partial charge in [0.1, 0.15) is 13.2 Å². The molecule has 0 aromatic rings. The maximum atomic E-state index is 12.8. The molecule has 0 saturated heterocycles. The van der Waals surface area contributed by atoms with Crippen molar-refractivity contribution < 1.29 is 28.6 Å². The number of unbranched alkanes of at least 4 members (excludes halogenated alkanes) is 42. The highest BCUT2D eigenvalue weighted by atomic mass is 16.6. The molecule has 0 unspecified atom stereocenters. The molecule has 66 heavy (non-hydrogen) atoms. The van der Waals surface area contributed by atoms with Gasteiger partial charge in [-0.2, -0.15) is 0 Å². The minimum atomic E-state index is -0.764. The highest BCUT2D eigenvalue weighted by Gasteiger charge is 2.19. The van der Waals surface area contributed by atoms with E-state index in [1.807, 2.05) is 0 Å². The lowest BCUT2D eigenvalue weighted by atomic mass is 10.0. The third kappa shape index (κ3) is 53.1. The monoisotopic (exact) mass is 931 g/mol. The van der Waals surface area contributed by atoms with Gasteiger partial charge in [-0.25, -0.2) is 0 Å². The normalized spacial score (nSPS) is 12.0. The van der Waals surface area contributed by atoms with Crippen molar-refractivity contribution >= 4 is 17.9 Å². The van der Waals surface area contributed by atoms with Gasteiger partial charge < -0.3 is 14.2 Å². The fourth-order valence-electron chi connectivity index (χ4n) is 9.03. The number of carbonyl (C=O) groups excluding carboxylic acids is 3. The highest BCUT2D eigenvalue weighted by Crippen LogP contribution is 2.17. The van der Waals surface area contributed by atoms with Crippen LogP contribution < -0.4 is 0 Å². The van der Waals surface area contributed by atoms with Crippen LogP contribution in [0.2, 0.25) is 0 Å². The molecule has 6 nitrogen and oxygen atoms in total. The van der Waals surface area contributed by atoms with Gasteiger partial charge in [0.25, 0.3) is 0 Å². The summed E-state index contributed by atoms with van der Waals surface area (Å²) in [5.74, 6) is -0.841. The minimum absolute atomic E-state index is 0.0643. The van der Waals surface area contributed by atoms with Crippen molar-refractivity contribution in [1.82, 2.24) is 0 Å². The van der Waals surface area contributed by atoms with Crippen molar-refractivity contribution in [2.75, 3.05) is 13.2 Å². The molecule has 0 amide bonds. The topological polar surface area (TPSA) is 78.9 Å². The highest BCUT2D eigenvalue weighted by molar-refractivity contribution is 5.71. The Morgan fingerprint density at radius 2 is 0.500 bits per heavy atom. The first-order valence-corrected chi connectivity index (χ1v) is 29.7. The standard InChI is InChI=1S/C60H114O6/c1-4-7-10-13-16-19-22-25-27-29-30-32-34-36-39-41-44-47-50-53-59(62)65-56-57(66-60(63)54-51-48-45-42-37-24-21-18-15-12-9-6-3)55-64-58(61)52-49-46-43-40-38-35-33-31-28-26-23-20-17-14-11-8-5-2/h25,27,57H,4-24,26,28-56H2,1-3H3/b27-25-/t57-/m0/s1. The number of allylic oxidation sites excluding steroid dienone is 2. The third-order valence-corrected chi connectivity index (χ3v) is 13.5. The fourth-order valence-corrected chi connectivity index (χ4v) is 9.03. The summed E-state index contributed by atoms with van der Waals surface area (Å²) in [5, 5.41) is 0. The van der Waals surface area contributed by atoms with E-state index in [2.05, 4.69) is 32.9 Å². The molecule has 0 fully saturated rings. The first-order valence-electron chi connectivity index (χ1n) is 29.7. The minimum Gasteiger partial charge on any atom is -0.462 e. The Morgan fingerprint density at radius 3 is 0.758 bits per heavy atom. The van der Waals surface area contributed by atoms with Crippen molar-refractivity contribution in [3.05, 3.63) is 12.2 Å². The third-order valence-electron chi connectivity index (χ3n) is 13.5. The first-order chi connectivity index (χ1) is 32.5. The first kappa shape index (κ1) is 64.2. The van der Waals surface area contributed by atoms with E-state index in [1.54, 1.807) is 0 Å². The molecule has 0 spiro atoms. The van der Waals surface area contributed by atoms with E-state index >= 15 is 0 Å². The van der Waals surface area contributed by atoms with Crippen LogP contribution >= 0.6 is 0 Å². The van der Waals surface area contributed by atoms with Gasteiger partial charge in [-0.15, -0.1) is 0 Å². The molecule has 0 radical (unpaired) electrons. The van der Waals surface area contributed by atoms with Crippen LogP contribution in [0.25, 0.3) is 0 Å². The van der Waals surface area contributed by atoms with Crippen molar-refractivity contribution in [3.63, 3.8) is 0 Å². The van der Waals surface area contributed by atoms with E-state index in [0.717, 1.165) is 57.8 Å². The smallest absolute Gasteiger partial charge is 0.306 e. The average molecular weight is 932 g/mol. The summed E-state index contributed by atoms with van der Waals surface area (Å²) in [5.41, 5.74) is 0. The molecule has 0 aromatic carbocycles. The van der Waals surface area contributed by atoms with E-state index in [9.17, 15) is 14.4 Å². The van der Waals surface area contributed by atoms with Gasteiger partial charge in [0.15, 0.2) is 6.10 Å². The molecule has 0 aliphatic carbocycles. The molecule has 0 bridgehead atoms. The molecule has 0 aliphatic heterocycles. The molecule has 0 aliphatic rings. The molecule has 390 valence electrons. The van der Waals surface area contributed by atoms with Crippen molar-refractivity contribution in [2.24, 2.45) is 0 Å². The van der Waals surface area contributed by atoms with Crippen LogP contribution in [-0.4, -0.2) is 37.2 Å². The Balaban J connectivity index is 4.26. The molecular formula is C60H114O6. The summed E-state index contributed by atoms with van der Waals surface area (Å²) in [6.45, 7) is 6.69. The number of carbonyl (C=O) groups is 3. The molecule has 6 heteroatoms. The second-order valence-corrected chi connectivity index (χ2v) is 20.3. The van der Waals surface area contributed by atoms with Gasteiger partial charge in [0.2, 0.25) is 0 Å². The van der Waals surface area contributed by atoms with Gasteiger partial charge in [0, 0.05) is 19.3 Å². The Hall–Kier alpha value is -1.85. The van der Waals surface area contributed by atoms with Crippen molar-refractivity contribution in [1.29, 1.82) is 0 Å². The van der Waals surface area contributed by atoms with Gasteiger partial charge in [-0.3, -0.25) is 14.4 Å². The molecule has 0 N–H and O–H groups in total. The van der Waals surface area contributed by atoms with Crippen molar-refractivity contribution in [3.8, 4) is 0 Å². The summed E-state index contributed by atoms with van der Waals surface area (Å²) in [4.78, 5) is 38.1. The van der Waals surface area contributed by atoms with E-state index in [1.165, 1.54) is 238 Å². The van der Waals surface area contributed by atoms with Gasteiger partial charge >= 0.3 is 17.9 Å².